The van der Waals surface area contributed by atoms with Gasteiger partial charge in [0, 0.05) is 12.5 Å². The Hall–Kier alpha value is -0.610. The predicted octanol–water partition coefficient (Wildman–Crippen LogP) is 0.800. The minimum atomic E-state index is -0.981. The quantitative estimate of drug-likeness (QED) is 0.670. The SMILES string of the molecule is CCCN(C)[C@](C)(C(=O)O)C(C)CO. The van der Waals surface area contributed by atoms with Crippen LogP contribution in [0.15, 0.2) is 0 Å². The molecule has 0 saturated carbocycles. The Labute approximate surface area is 85.5 Å². The Morgan fingerprint density at radius 1 is 1.57 bits per heavy atom. The Balaban J connectivity index is 4.79. The molecule has 0 aliphatic rings. The minimum Gasteiger partial charge on any atom is -0.480 e. The van der Waals surface area contributed by atoms with Crippen LogP contribution in [0, 0.1) is 5.92 Å². The van der Waals surface area contributed by atoms with E-state index in [-0.39, 0.29) is 12.5 Å². The maximum atomic E-state index is 11.2. The molecule has 14 heavy (non-hydrogen) atoms. The van der Waals surface area contributed by atoms with Crippen molar-refractivity contribution >= 4 is 5.97 Å². The summed E-state index contributed by atoms with van der Waals surface area (Å²) in [5.74, 6) is -1.16. The first-order valence-corrected chi connectivity index (χ1v) is 4.96. The van der Waals surface area contributed by atoms with E-state index < -0.39 is 11.5 Å². The highest BCUT2D eigenvalue weighted by Gasteiger charge is 2.42. The molecule has 0 aromatic carbocycles. The van der Waals surface area contributed by atoms with Crippen molar-refractivity contribution in [1.29, 1.82) is 0 Å². The number of nitrogens with zero attached hydrogens (tertiary/aromatic N) is 1. The molecule has 2 N–H and O–H groups in total. The van der Waals surface area contributed by atoms with Gasteiger partial charge >= 0.3 is 5.97 Å². The van der Waals surface area contributed by atoms with Gasteiger partial charge in [0.15, 0.2) is 0 Å². The molecule has 0 amide bonds. The molecular formula is C10H21NO3. The molecule has 1 unspecified atom stereocenters. The van der Waals surface area contributed by atoms with Crippen LogP contribution in [0.2, 0.25) is 0 Å². The maximum Gasteiger partial charge on any atom is 0.324 e. The van der Waals surface area contributed by atoms with Crippen molar-refractivity contribution in [3.63, 3.8) is 0 Å². The Kier molecular flexibility index (Phi) is 5.08. The molecule has 0 fully saturated rings. The van der Waals surface area contributed by atoms with Crippen molar-refractivity contribution < 1.29 is 15.0 Å². The fourth-order valence-corrected chi connectivity index (χ4v) is 1.50. The van der Waals surface area contributed by atoms with E-state index >= 15 is 0 Å². The molecule has 0 spiro atoms. The molecule has 2 atom stereocenters. The zero-order chi connectivity index (χ0) is 11.4. The fraction of sp³-hybridized carbons (Fsp3) is 0.900. The van der Waals surface area contributed by atoms with E-state index in [1.165, 1.54) is 0 Å². The fourth-order valence-electron chi connectivity index (χ4n) is 1.50. The molecule has 0 aliphatic heterocycles. The molecule has 4 heteroatoms. The van der Waals surface area contributed by atoms with Gasteiger partial charge in [-0.1, -0.05) is 13.8 Å². The van der Waals surface area contributed by atoms with Crippen LogP contribution in [-0.2, 0) is 4.79 Å². The number of carbonyl (C=O) groups is 1. The third kappa shape index (κ3) is 2.45. The van der Waals surface area contributed by atoms with Gasteiger partial charge < -0.3 is 10.2 Å². The topological polar surface area (TPSA) is 60.8 Å². The molecule has 0 aliphatic carbocycles. The van der Waals surface area contributed by atoms with Gasteiger partial charge in [0.05, 0.1) is 0 Å². The lowest BCUT2D eigenvalue weighted by atomic mass is 9.86. The second-order valence-corrected chi connectivity index (χ2v) is 3.96. The Bertz CT molecular complexity index is 196. The summed E-state index contributed by atoms with van der Waals surface area (Å²) in [5.41, 5.74) is -0.981. The van der Waals surface area contributed by atoms with Crippen LogP contribution < -0.4 is 0 Å². The van der Waals surface area contributed by atoms with Gasteiger partial charge in [0.25, 0.3) is 0 Å². The molecular weight excluding hydrogens is 182 g/mol. The maximum absolute atomic E-state index is 11.2. The summed E-state index contributed by atoms with van der Waals surface area (Å²) < 4.78 is 0. The molecule has 0 heterocycles. The zero-order valence-electron chi connectivity index (χ0n) is 9.45. The third-order valence-corrected chi connectivity index (χ3v) is 3.02. The number of aliphatic hydroxyl groups is 1. The monoisotopic (exact) mass is 203 g/mol. The first kappa shape index (κ1) is 13.4. The number of aliphatic carboxylic acids is 1. The molecule has 4 nitrogen and oxygen atoms in total. The number of carboxylic acids is 1. The average molecular weight is 203 g/mol. The summed E-state index contributed by atoms with van der Waals surface area (Å²) in [7, 11) is 1.78. The lowest BCUT2D eigenvalue weighted by Gasteiger charge is -2.39. The van der Waals surface area contributed by atoms with E-state index in [2.05, 4.69) is 0 Å². The Morgan fingerprint density at radius 2 is 2.07 bits per heavy atom. The molecule has 0 aromatic rings. The van der Waals surface area contributed by atoms with Crippen LogP contribution in [0.5, 0.6) is 0 Å². The first-order valence-electron chi connectivity index (χ1n) is 4.96. The standard InChI is InChI=1S/C10H21NO3/c1-5-6-11(4)10(3,9(13)14)8(2)7-12/h8,12H,5-7H2,1-4H3,(H,13,14)/t8?,10-/m0/s1. The normalized spacial score (nSPS) is 17.9. The minimum absolute atomic E-state index is 0.114. The van der Waals surface area contributed by atoms with Crippen LogP contribution in [0.4, 0.5) is 0 Å². The van der Waals surface area contributed by atoms with Crippen molar-refractivity contribution in [3.05, 3.63) is 0 Å². The summed E-state index contributed by atoms with van der Waals surface area (Å²) in [5, 5.41) is 18.2. The van der Waals surface area contributed by atoms with Crippen molar-refractivity contribution in [2.24, 2.45) is 5.92 Å². The van der Waals surface area contributed by atoms with Gasteiger partial charge in [-0.25, -0.2) is 0 Å². The highest BCUT2D eigenvalue weighted by Crippen LogP contribution is 2.24. The van der Waals surface area contributed by atoms with Gasteiger partial charge in [-0.2, -0.15) is 0 Å². The van der Waals surface area contributed by atoms with Gasteiger partial charge in [-0.05, 0) is 26.9 Å². The molecule has 0 saturated heterocycles. The largest absolute Gasteiger partial charge is 0.480 e. The van der Waals surface area contributed by atoms with Gasteiger partial charge in [0.2, 0.25) is 0 Å². The molecule has 84 valence electrons. The van der Waals surface area contributed by atoms with Gasteiger partial charge in [-0.15, -0.1) is 0 Å². The summed E-state index contributed by atoms with van der Waals surface area (Å²) in [4.78, 5) is 13.0. The van der Waals surface area contributed by atoms with Crippen LogP contribution in [0.1, 0.15) is 27.2 Å². The summed E-state index contributed by atoms with van der Waals surface area (Å²) >= 11 is 0. The molecule has 0 bridgehead atoms. The number of carboxylic acid groups (broad SMARTS) is 1. The van der Waals surface area contributed by atoms with Crippen molar-refractivity contribution in [2.45, 2.75) is 32.7 Å². The van der Waals surface area contributed by atoms with E-state index in [4.69, 9.17) is 5.11 Å². The number of hydrogen-bond acceptors (Lipinski definition) is 3. The third-order valence-electron chi connectivity index (χ3n) is 3.02. The van der Waals surface area contributed by atoms with E-state index in [0.29, 0.717) is 6.54 Å². The second-order valence-electron chi connectivity index (χ2n) is 3.96. The Morgan fingerprint density at radius 3 is 2.36 bits per heavy atom. The van der Waals surface area contributed by atoms with Gasteiger partial charge in [-0.3, -0.25) is 9.69 Å². The molecule has 0 rings (SSSR count). The smallest absolute Gasteiger partial charge is 0.324 e. The van der Waals surface area contributed by atoms with Crippen LogP contribution in [-0.4, -0.2) is 46.8 Å². The molecule has 0 aromatic heterocycles. The zero-order valence-corrected chi connectivity index (χ0v) is 9.45. The highest BCUT2D eigenvalue weighted by atomic mass is 16.4. The van der Waals surface area contributed by atoms with Crippen LogP contribution in [0.25, 0.3) is 0 Å². The first-order chi connectivity index (χ1) is 6.41. The lowest BCUT2D eigenvalue weighted by Crippen LogP contribution is -2.56. The van der Waals surface area contributed by atoms with Crippen LogP contribution in [0.3, 0.4) is 0 Å². The number of aliphatic hydroxyl groups excluding tert-OH is 1. The van der Waals surface area contributed by atoms with Crippen molar-refractivity contribution in [3.8, 4) is 0 Å². The van der Waals surface area contributed by atoms with E-state index in [9.17, 15) is 9.90 Å². The van der Waals surface area contributed by atoms with Crippen LogP contribution >= 0.6 is 0 Å². The summed E-state index contributed by atoms with van der Waals surface area (Å²) in [6.45, 7) is 6.01. The lowest BCUT2D eigenvalue weighted by molar-refractivity contribution is -0.154. The highest BCUT2D eigenvalue weighted by molar-refractivity contribution is 5.78. The van der Waals surface area contributed by atoms with E-state index in [1.54, 1.807) is 25.8 Å². The predicted molar refractivity (Wildman–Crippen MR) is 55.2 cm³/mol. The average Bonchev–Trinajstić information content (AvgIpc) is 2.15. The number of rotatable bonds is 6. The van der Waals surface area contributed by atoms with Crippen molar-refractivity contribution in [1.82, 2.24) is 4.90 Å². The van der Waals surface area contributed by atoms with E-state index in [1.807, 2.05) is 6.92 Å². The van der Waals surface area contributed by atoms with Gasteiger partial charge in [0.1, 0.15) is 5.54 Å². The molecule has 0 radical (unpaired) electrons. The second kappa shape index (κ2) is 5.32. The summed E-state index contributed by atoms with van der Waals surface area (Å²) in [6, 6.07) is 0. The van der Waals surface area contributed by atoms with Crippen molar-refractivity contribution in [2.75, 3.05) is 20.2 Å². The van der Waals surface area contributed by atoms with E-state index in [0.717, 1.165) is 6.42 Å². The number of hydrogen-bond donors (Lipinski definition) is 2. The number of likely N-dealkylation sites (N-methyl/N-ethyl adjacent to an activating group) is 1. The summed E-state index contributed by atoms with van der Waals surface area (Å²) in [6.07, 6.45) is 0.900.